The molecule has 11 heteroatoms. The molecule has 0 N–H and O–H groups in total. The number of hydrogen-bond acceptors (Lipinski definition) is 5. The summed E-state index contributed by atoms with van der Waals surface area (Å²) in [6.07, 6.45) is 0. The number of hydrogen-bond donors (Lipinski definition) is 0. The molecule has 0 radical (unpaired) electrons. The molecule has 0 fully saturated rings. The van der Waals surface area contributed by atoms with E-state index in [2.05, 4.69) is 9.57 Å². The molecule has 0 saturated heterocycles. The lowest BCUT2D eigenvalue weighted by molar-refractivity contribution is -0.763. The average Bonchev–Trinajstić information content (AvgIpc) is 2.60. The second-order valence-electron chi connectivity index (χ2n) is 4.48. The van der Waals surface area contributed by atoms with Gasteiger partial charge in [0.05, 0.1) is 5.56 Å². The van der Waals surface area contributed by atoms with Crippen LogP contribution >= 0.6 is 0 Å². The first-order valence-corrected chi connectivity index (χ1v) is 6.32. The van der Waals surface area contributed by atoms with E-state index in [1.165, 1.54) is 12.1 Å². The van der Waals surface area contributed by atoms with Crippen LogP contribution in [0.25, 0.3) is 0 Å². The first-order chi connectivity index (χ1) is 11.7. The number of carbonyl (C=O) groups is 1. The standard InChI is InChI=1S/C14H6F5NO5/c15-8-9(16)11(18)13(12(19)10(8)17)25-14(21)7-3-1-6(2-4-7)5-24-20(22)23/h1-4H,5H2. The average molecular weight is 363 g/mol. The van der Waals surface area contributed by atoms with Crippen molar-refractivity contribution in [3.63, 3.8) is 0 Å². The second kappa shape index (κ2) is 7.11. The fraction of sp³-hybridized carbons (Fsp3) is 0.0714. The summed E-state index contributed by atoms with van der Waals surface area (Å²) < 4.78 is 70.1. The van der Waals surface area contributed by atoms with Gasteiger partial charge in [-0.15, -0.1) is 10.1 Å². The predicted molar refractivity (Wildman–Crippen MR) is 69.4 cm³/mol. The van der Waals surface area contributed by atoms with Crippen LogP contribution in [-0.2, 0) is 11.4 Å². The lowest BCUT2D eigenvalue weighted by Gasteiger charge is -2.09. The van der Waals surface area contributed by atoms with Crippen molar-refractivity contribution >= 4 is 5.97 Å². The summed E-state index contributed by atoms with van der Waals surface area (Å²) in [5.74, 6) is -14.6. The Kier molecular flexibility index (Phi) is 5.15. The molecule has 0 aliphatic rings. The molecule has 132 valence electrons. The second-order valence-corrected chi connectivity index (χ2v) is 4.48. The lowest BCUT2D eigenvalue weighted by Crippen LogP contribution is -2.13. The van der Waals surface area contributed by atoms with Gasteiger partial charge in [0.1, 0.15) is 6.61 Å². The Bertz CT molecular complexity index is 811. The largest absolute Gasteiger partial charge is 0.416 e. The Morgan fingerprint density at radius 3 is 1.88 bits per heavy atom. The van der Waals surface area contributed by atoms with Crippen molar-refractivity contribution in [1.29, 1.82) is 0 Å². The van der Waals surface area contributed by atoms with Crippen LogP contribution in [0, 0.1) is 39.2 Å². The van der Waals surface area contributed by atoms with Crippen LogP contribution in [0.15, 0.2) is 24.3 Å². The maximum absolute atomic E-state index is 13.4. The molecular formula is C14H6F5NO5. The number of halogens is 5. The van der Waals surface area contributed by atoms with E-state index in [4.69, 9.17) is 0 Å². The number of ether oxygens (including phenoxy) is 1. The minimum absolute atomic E-state index is 0.282. The molecule has 0 saturated carbocycles. The van der Waals surface area contributed by atoms with E-state index < -0.39 is 52.5 Å². The van der Waals surface area contributed by atoms with Crippen LogP contribution in [-0.4, -0.2) is 11.1 Å². The van der Waals surface area contributed by atoms with Crippen LogP contribution in [0.2, 0.25) is 0 Å². The van der Waals surface area contributed by atoms with Gasteiger partial charge < -0.3 is 9.57 Å². The van der Waals surface area contributed by atoms with Crippen LogP contribution in [0.5, 0.6) is 5.75 Å². The van der Waals surface area contributed by atoms with Crippen molar-refractivity contribution in [3.05, 3.63) is 74.6 Å². The minimum atomic E-state index is -2.38. The minimum Gasteiger partial charge on any atom is -0.416 e. The predicted octanol–water partition coefficient (Wildman–Crippen LogP) is 3.31. The fourth-order valence-corrected chi connectivity index (χ4v) is 1.69. The van der Waals surface area contributed by atoms with E-state index in [1.807, 2.05) is 0 Å². The topological polar surface area (TPSA) is 78.7 Å². The number of rotatable bonds is 5. The summed E-state index contributed by atoms with van der Waals surface area (Å²) in [6, 6.07) is 4.54. The molecule has 0 unspecified atom stereocenters. The highest BCUT2D eigenvalue weighted by Crippen LogP contribution is 2.29. The Balaban J connectivity index is 2.22. The van der Waals surface area contributed by atoms with Gasteiger partial charge in [-0.1, -0.05) is 12.1 Å². The highest BCUT2D eigenvalue weighted by atomic mass is 19.2. The van der Waals surface area contributed by atoms with Gasteiger partial charge in [-0.3, -0.25) is 0 Å². The Morgan fingerprint density at radius 1 is 0.920 bits per heavy atom. The molecule has 2 rings (SSSR count). The molecular weight excluding hydrogens is 357 g/mol. The molecule has 0 aliphatic carbocycles. The molecule has 0 bridgehead atoms. The van der Waals surface area contributed by atoms with Crippen molar-refractivity contribution < 1.29 is 41.4 Å². The monoisotopic (exact) mass is 363 g/mol. The first kappa shape index (κ1) is 18.1. The summed E-state index contributed by atoms with van der Waals surface area (Å²) >= 11 is 0. The number of nitrogens with zero attached hydrogens (tertiary/aromatic N) is 1. The van der Waals surface area contributed by atoms with E-state index in [0.29, 0.717) is 0 Å². The summed E-state index contributed by atoms with van der Waals surface area (Å²) in [5, 5.41) is 9.01. The molecule has 2 aromatic carbocycles. The van der Waals surface area contributed by atoms with E-state index in [-0.39, 0.29) is 11.1 Å². The number of carbonyl (C=O) groups excluding carboxylic acids is 1. The SMILES string of the molecule is O=C(Oc1c(F)c(F)c(F)c(F)c1F)c1ccc(CO[N+](=O)[O-])cc1. The summed E-state index contributed by atoms with van der Waals surface area (Å²) in [4.78, 5) is 25.9. The van der Waals surface area contributed by atoms with Crippen molar-refractivity contribution in [3.8, 4) is 5.75 Å². The van der Waals surface area contributed by atoms with E-state index in [0.717, 1.165) is 12.1 Å². The molecule has 0 spiro atoms. The molecule has 0 aromatic heterocycles. The van der Waals surface area contributed by atoms with Crippen molar-refractivity contribution in [1.82, 2.24) is 0 Å². The maximum atomic E-state index is 13.4. The third-order valence-corrected chi connectivity index (χ3v) is 2.89. The van der Waals surface area contributed by atoms with Gasteiger partial charge in [0.15, 0.2) is 0 Å². The van der Waals surface area contributed by atoms with E-state index in [9.17, 15) is 36.9 Å². The Labute approximate surface area is 135 Å². The smallest absolute Gasteiger partial charge is 0.343 e. The van der Waals surface area contributed by atoms with Crippen LogP contribution in [0.3, 0.4) is 0 Å². The molecule has 0 atom stereocenters. The molecule has 0 aliphatic heterocycles. The van der Waals surface area contributed by atoms with Crippen molar-refractivity contribution in [2.24, 2.45) is 0 Å². The van der Waals surface area contributed by atoms with Gasteiger partial charge in [-0.05, 0) is 17.7 Å². The Hall–Kier alpha value is -3.24. The zero-order chi connectivity index (χ0) is 18.7. The molecule has 0 amide bonds. The van der Waals surface area contributed by atoms with Crippen LogP contribution < -0.4 is 4.74 Å². The van der Waals surface area contributed by atoms with Gasteiger partial charge >= 0.3 is 5.97 Å². The lowest BCUT2D eigenvalue weighted by atomic mass is 10.1. The third kappa shape index (κ3) is 3.82. The molecule has 2 aromatic rings. The van der Waals surface area contributed by atoms with E-state index in [1.54, 1.807) is 0 Å². The quantitative estimate of drug-likeness (QED) is 0.155. The van der Waals surface area contributed by atoms with Gasteiger partial charge in [0.2, 0.25) is 34.8 Å². The zero-order valence-corrected chi connectivity index (χ0v) is 11.9. The third-order valence-electron chi connectivity index (χ3n) is 2.89. The zero-order valence-electron chi connectivity index (χ0n) is 11.9. The summed E-state index contributed by atoms with van der Waals surface area (Å²) in [5.41, 5.74) is -0.0155. The number of esters is 1. The molecule has 6 nitrogen and oxygen atoms in total. The van der Waals surface area contributed by atoms with Gasteiger partial charge in [0.25, 0.3) is 5.09 Å². The highest BCUT2D eigenvalue weighted by Gasteiger charge is 2.28. The van der Waals surface area contributed by atoms with Crippen LogP contribution in [0.4, 0.5) is 22.0 Å². The van der Waals surface area contributed by atoms with Crippen LogP contribution in [0.1, 0.15) is 15.9 Å². The Morgan fingerprint density at radius 2 is 1.40 bits per heavy atom. The van der Waals surface area contributed by atoms with E-state index >= 15 is 0 Å². The number of benzene rings is 2. The molecule has 25 heavy (non-hydrogen) atoms. The highest BCUT2D eigenvalue weighted by molar-refractivity contribution is 5.91. The normalized spacial score (nSPS) is 10.4. The molecule has 0 heterocycles. The van der Waals surface area contributed by atoms with Gasteiger partial charge in [0, 0.05) is 0 Å². The van der Waals surface area contributed by atoms with Crippen molar-refractivity contribution in [2.45, 2.75) is 6.61 Å². The fourth-order valence-electron chi connectivity index (χ4n) is 1.69. The summed E-state index contributed by atoms with van der Waals surface area (Å²) in [6.45, 7) is -0.417. The van der Waals surface area contributed by atoms with Gasteiger partial charge in [-0.2, -0.15) is 8.78 Å². The maximum Gasteiger partial charge on any atom is 0.343 e. The summed E-state index contributed by atoms with van der Waals surface area (Å²) in [7, 11) is 0. The van der Waals surface area contributed by atoms with Gasteiger partial charge in [-0.25, -0.2) is 18.0 Å². The first-order valence-electron chi connectivity index (χ1n) is 6.32. The van der Waals surface area contributed by atoms with Crippen molar-refractivity contribution in [2.75, 3.05) is 0 Å².